The minimum atomic E-state index is -0.381. The molecule has 0 N–H and O–H groups in total. The fourth-order valence-corrected chi connectivity index (χ4v) is 2.04. The summed E-state index contributed by atoms with van der Waals surface area (Å²) >= 11 is 1.66. The van der Waals surface area contributed by atoms with E-state index >= 15 is 0 Å². The second-order valence-corrected chi connectivity index (χ2v) is 4.63. The summed E-state index contributed by atoms with van der Waals surface area (Å²) in [7, 11) is 1.35. The van der Waals surface area contributed by atoms with Gasteiger partial charge in [0.2, 0.25) is 0 Å². The summed E-state index contributed by atoms with van der Waals surface area (Å²) in [5.41, 5.74) is 1.23. The normalized spacial score (nSPS) is 10.3. The van der Waals surface area contributed by atoms with E-state index in [-0.39, 0.29) is 5.97 Å². The van der Waals surface area contributed by atoms with Gasteiger partial charge in [0.05, 0.1) is 31.6 Å². The van der Waals surface area contributed by atoms with Crippen molar-refractivity contribution in [3.8, 4) is 0 Å². The Morgan fingerprint density at radius 1 is 1.33 bits per heavy atom. The molecule has 2 aromatic rings. The standard InChI is InChI=1S/C13H13NO3S/c1-16-13(15)10-4-5-11(14-7-10)8-17-9-12-3-2-6-18-12/h2-7H,8-9H2,1H3. The third kappa shape index (κ3) is 3.38. The lowest BCUT2D eigenvalue weighted by Crippen LogP contribution is -2.03. The monoisotopic (exact) mass is 263 g/mol. The number of hydrogen-bond acceptors (Lipinski definition) is 5. The number of nitrogens with zero attached hydrogens (tertiary/aromatic N) is 1. The van der Waals surface area contributed by atoms with Crippen molar-refractivity contribution in [2.24, 2.45) is 0 Å². The number of pyridine rings is 1. The first kappa shape index (κ1) is 12.7. The predicted octanol–water partition coefficient (Wildman–Crippen LogP) is 2.65. The van der Waals surface area contributed by atoms with Gasteiger partial charge in [0.25, 0.3) is 0 Å². The Morgan fingerprint density at radius 2 is 2.22 bits per heavy atom. The number of methoxy groups -OCH3 is 1. The maximum Gasteiger partial charge on any atom is 0.339 e. The third-order valence-electron chi connectivity index (χ3n) is 2.32. The number of carbonyl (C=O) groups excluding carboxylic acids is 1. The summed E-state index contributed by atoms with van der Waals surface area (Å²) < 4.78 is 10.1. The molecule has 0 saturated carbocycles. The molecule has 0 unspecified atom stereocenters. The molecule has 94 valence electrons. The molecule has 0 aliphatic rings. The highest BCUT2D eigenvalue weighted by Gasteiger charge is 2.05. The molecule has 0 atom stereocenters. The molecule has 4 nitrogen and oxygen atoms in total. The van der Waals surface area contributed by atoms with Gasteiger partial charge in [0.15, 0.2) is 0 Å². The molecule has 18 heavy (non-hydrogen) atoms. The third-order valence-corrected chi connectivity index (χ3v) is 3.17. The van der Waals surface area contributed by atoms with Gasteiger partial charge in [0.1, 0.15) is 0 Å². The van der Waals surface area contributed by atoms with E-state index in [1.807, 2.05) is 17.5 Å². The average Bonchev–Trinajstić information content (AvgIpc) is 2.92. The van der Waals surface area contributed by atoms with Crippen molar-refractivity contribution in [3.05, 3.63) is 52.0 Å². The van der Waals surface area contributed by atoms with Gasteiger partial charge >= 0.3 is 5.97 Å². The van der Waals surface area contributed by atoms with Crippen molar-refractivity contribution in [2.75, 3.05) is 7.11 Å². The van der Waals surface area contributed by atoms with Crippen molar-refractivity contribution >= 4 is 17.3 Å². The van der Waals surface area contributed by atoms with Gasteiger partial charge in [-0.05, 0) is 23.6 Å². The number of aromatic nitrogens is 1. The Kier molecular flexibility index (Phi) is 4.44. The van der Waals surface area contributed by atoms with E-state index < -0.39 is 0 Å². The first-order valence-electron chi connectivity index (χ1n) is 5.43. The fraction of sp³-hybridized carbons (Fsp3) is 0.231. The summed E-state index contributed by atoms with van der Waals surface area (Å²) in [6, 6.07) is 7.47. The van der Waals surface area contributed by atoms with E-state index in [0.29, 0.717) is 18.8 Å². The van der Waals surface area contributed by atoms with Crippen LogP contribution in [-0.4, -0.2) is 18.1 Å². The van der Waals surface area contributed by atoms with E-state index in [0.717, 1.165) is 5.69 Å². The van der Waals surface area contributed by atoms with Crippen LogP contribution in [0.5, 0.6) is 0 Å². The molecule has 0 spiro atoms. The zero-order valence-electron chi connectivity index (χ0n) is 9.96. The smallest absolute Gasteiger partial charge is 0.339 e. The molecule has 5 heteroatoms. The van der Waals surface area contributed by atoms with E-state index in [9.17, 15) is 4.79 Å². The van der Waals surface area contributed by atoms with Crippen LogP contribution in [0.3, 0.4) is 0 Å². The van der Waals surface area contributed by atoms with Crippen LogP contribution in [0.25, 0.3) is 0 Å². The quantitative estimate of drug-likeness (QED) is 0.778. The lowest BCUT2D eigenvalue weighted by molar-refractivity contribution is 0.0600. The topological polar surface area (TPSA) is 48.4 Å². The minimum Gasteiger partial charge on any atom is -0.465 e. The number of carbonyl (C=O) groups is 1. The van der Waals surface area contributed by atoms with Crippen molar-refractivity contribution in [1.29, 1.82) is 0 Å². The molecule has 0 aliphatic heterocycles. The molecule has 0 radical (unpaired) electrons. The van der Waals surface area contributed by atoms with Crippen LogP contribution < -0.4 is 0 Å². The van der Waals surface area contributed by atoms with Crippen molar-refractivity contribution in [3.63, 3.8) is 0 Å². The lowest BCUT2D eigenvalue weighted by Gasteiger charge is -2.03. The predicted molar refractivity (Wildman–Crippen MR) is 68.4 cm³/mol. The molecule has 2 rings (SSSR count). The van der Waals surface area contributed by atoms with Crippen molar-refractivity contribution in [2.45, 2.75) is 13.2 Å². The molecule has 0 amide bonds. The van der Waals surface area contributed by atoms with Gasteiger partial charge in [-0.25, -0.2) is 4.79 Å². The highest BCUT2D eigenvalue weighted by molar-refractivity contribution is 7.09. The SMILES string of the molecule is COC(=O)c1ccc(COCc2cccs2)nc1. The highest BCUT2D eigenvalue weighted by Crippen LogP contribution is 2.11. The Hall–Kier alpha value is -1.72. The maximum atomic E-state index is 11.2. The second kappa shape index (κ2) is 6.28. The summed E-state index contributed by atoms with van der Waals surface area (Å²) in [4.78, 5) is 16.5. The minimum absolute atomic E-state index is 0.381. The lowest BCUT2D eigenvalue weighted by atomic mass is 10.2. The Morgan fingerprint density at radius 3 is 2.83 bits per heavy atom. The Labute approximate surface area is 109 Å². The van der Waals surface area contributed by atoms with Gasteiger partial charge in [0, 0.05) is 11.1 Å². The van der Waals surface area contributed by atoms with Crippen LogP contribution in [0, 0.1) is 0 Å². The molecule has 2 heterocycles. The number of hydrogen-bond donors (Lipinski definition) is 0. The van der Waals surface area contributed by atoms with Crippen LogP contribution in [0.15, 0.2) is 35.8 Å². The highest BCUT2D eigenvalue weighted by atomic mass is 32.1. The van der Waals surface area contributed by atoms with E-state index in [1.165, 1.54) is 18.2 Å². The number of ether oxygens (including phenoxy) is 2. The molecule has 2 aromatic heterocycles. The van der Waals surface area contributed by atoms with Crippen LogP contribution in [0.1, 0.15) is 20.9 Å². The van der Waals surface area contributed by atoms with E-state index in [2.05, 4.69) is 9.72 Å². The van der Waals surface area contributed by atoms with Crippen molar-refractivity contribution < 1.29 is 14.3 Å². The molecular weight excluding hydrogens is 250 g/mol. The first-order chi connectivity index (χ1) is 8.79. The molecular formula is C13H13NO3S. The van der Waals surface area contributed by atoms with Crippen molar-refractivity contribution in [1.82, 2.24) is 4.98 Å². The van der Waals surface area contributed by atoms with Crippen LogP contribution in [0.2, 0.25) is 0 Å². The summed E-state index contributed by atoms with van der Waals surface area (Å²) in [5, 5.41) is 2.02. The molecule has 0 aromatic carbocycles. The molecule has 0 fully saturated rings. The summed E-state index contributed by atoms with van der Waals surface area (Å²) in [6.45, 7) is 1.01. The van der Waals surface area contributed by atoms with Crippen LogP contribution >= 0.6 is 11.3 Å². The van der Waals surface area contributed by atoms with Crippen LogP contribution in [0.4, 0.5) is 0 Å². The Bertz CT molecular complexity index is 493. The number of esters is 1. The first-order valence-corrected chi connectivity index (χ1v) is 6.31. The second-order valence-electron chi connectivity index (χ2n) is 3.60. The fourth-order valence-electron chi connectivity index (χ4n) is 1.40. The van der Waals surface area contributed by atoms with Gasteiger partial charge in [-0.3, -0.25) is 4.98 Å². The zero-order valence-corrected chi connectivity index (χ0v) is 10.8. The van der Waals surface area contributed by atoms with Crippen LogP contribution in [-0.2, 0) is 22.7 Å². The van der Waals surface area contributed by atoms with Gasteiger partial charge in [-0.15, -0.1) is 11.3 Å². The average molecular weight is 263 g/mol. The Balaban J connectivity index is 1.85. The zero-order chi connectivity index (χ0) is 12.8. The maximum absolute atomic E-state index is 11.2. The summed E-state index contributed by atoms with van der Waals surface area (Å²) in [5.74, 6) is -0.381. The van der Waals surface area contributed by atoms with Gasteiger partial charge < -0.3 is 9.47 Å². The van der Waals surface area contributed by atoms with E-state index in [4.69, 9.17) is 4.74 Å². The van der Waals surface area contributed by atoms with Gasteiger partial charge in [-0.1, -0.05) is 6.07 Å². The molecule has 0 saturated heterocycles. The molecule has 0 bridgehead atoms. The summed E-state index contributed by atoms with van der Waals surface area (Å²) in [6.07, 6.45) is 1.50. The molecule has 0 aliphatic carbocycles. The number of thiophene rings is 1. The largest absolute Gasteiger partial charge is 0.465 e. The number of rotatable bonds is 5. The van der Waals surface area contributed by atoms with E-state index in [1.54, 1.807) is 23.5 Å². The van der Waals surface area contributed by atoms with Gasteiger partial charge in [-0.2, -0.15) is 0 Å².